The van der Waals surface area contributed by atoms with Crippen LogP contribution in [0.3, 0.4) is 0 Å². The highest BCUT2D eigenvalue weighted by atomic mass is 32.1. The van der Waals surface area contributed by atoms with Crippen molar-refractivity contribution in [3.63, 3.8) is 0 Å². The topological polar surface area (TPSA) is 78.5 Å². The number of anilines is 1. The summed E-state index contributed by atoms with van der Waals surface area (Å²) >= 11 is 1.42. The standard InChI is InChI=1S/C16H11NO4S/c18-14-12(9-11-7-4-8-22-11)21-15(13(14)16(19)20)17-10-5-2-1-3-6-10/h1-9,17H,(H,19,20)/p-1/b12-9-. The van der Waals surface area contributed by atoms with Crippen molar-refractivity contribution in [3.8, 4) is 0 Å². The molecule has 1 aliphatic rings. The molecule has 0 spiro atoms. The molecular formula is C16H10NO4S-. The number of allylic oxidation sites excluding steroid dienone is 1. The number of carboxylic acid groups (broad SMARTS) is 1. The second kappa shape index (κ2) is 5.87. The zero-order chi connectivity index (χ0) is 15.5. The maximum Gasteiger partial charge on any atom is 0.235 e. The predicted octanol–water partition coefficient (Wildman–Crippen LogP) is 1.76. The molecule has 0 atom stereocenters. The van der Waals surface area contributed by atoms with Crippen LogP contribution in [0.1, 0.15) is 4.88 Å². The number of carbonyl (C=O) groups is 2. The third-order valence-electron chi connectivity index (χ3n) is 2.94. The van der Waals surface area contributed by atoms with E-state index >= 15 is 0 Å². The first-order chi connectivity index (χ1) is 10.6. The van der Waals surface area contributed by atoms with Crippen molar-refractivity contribution < 1.29 is 19.4 Å². The average Bonchev–Trinajstić information content (AvgIpc) is 3.09. The largest absolute Gasteiger partial charge is 0.544 e. The van der Waals surface area contributed by atoms with Gasteiger partial charge in [0.05, 0.1) is 5.97 Å². The van der Waals surface area contributed by atoms with E-state index in [-0.39, 0.29) is 11.6 Å². The Morgan fingerprint density at radius 1 is 1.18 bits per heavy atom. The van der Waals surface area contributed by atoms with E-state index in [0.717, 1.165) is 4.88 Å². The number of ether oxygens (including phenoxy) is 1. The van der Waals surface area contributed by atoms with Crippen LogP contribution in [0.25, 0.3) is 6.08 Å². The van der Waals surface area contributed by atoms with Gasteiger partial charge >= 0.3 is 0 Å². The van der Waals surface area contributed by atoms with E-state index in [1.54, 1.807) is 30.3 Å². The van der Waals surface area contributed by atoms with Gasteiger partial charge in [0.1, 0.15) is 5.57 Å². The summed E-state index contributed by atoms with van der Waals surface area (Å²) in [6.45, 7) is 0. The van der Waals surface area contributed by atoms with Crippen LogP contribution >= 0.6 is 11.3 Å². The monoisotopic (exact) mass is 312 g/mol. The molecule has 0 saturated heterocycles. The second-order valence-corrected chi connectivity index (χ2v) is 5.42. The number of Topliss-reactive ketones (excluding diaryl/α,β-unsaturated/α-hetero) is 1. The second-order valence-electron chi connectivity index (χ2n) is 4.44. The average molecular weight is 312 g/mol. The van der Waals surface area contributed by atoms with Gasteiger partial charge in [0.15, 0.2) is 5.76 Å². The van der Waals surface area contributed by atoms with Crippen LogP contribution in [-0.2, 0) is 14.3 Å². The molecule has 6 heteroatoms. The van der Waals surface area contributed by atoms with Crippen LogP contribution < -0.4 is 10.4 Å². The molecule has 0 unspecified atom stereocenters. The Morgan fingerprint density at radius 2 is 1.95 bits per heavy atom. The lowest BCUT2D eigenvalue weighted by molar-refractivity contribution is -0.298. The molecule has 0 amide bonds. The van der Waals surface area contributed by atoms with Crippen molar-refractivity contribution in [3.05, 3.63) is 69.9 Å². The zero-order valence-corrected chi connectivity index (χ0v) is 12.1. The van der Waals surface area contributed by atoms with Crippen molar-refractivity contribution >= 4 is 34.9 Å². The zero-order valence-electron chi connectivity index (χ0n) is 11.2. The Morgan fingerprint density at radius 3 is 2.59 bits per heavy atom. The van der Waals surface area contributed by atoms with Gasteiger partial charge in [0.2, 0.25) is 11.7 Å². The molecule has 5 nitrogen and oxygen atoms in total. The first-order valence-electron chi connectivity index (χ1n) is 6.40. The lowest BCUT2D eigenvalue weighted by Crippen LogP contribution is -2.28. The van der Waals surface area contributed by atoms with Gasteiger partial charge in [-0.25, -0.2) is 0 Å². The maximum atomic E-state index is 12.2. The summed E-state index contributed by atoms with van der Waals surface area (Å²) in [5.74, 6) is -2.44. The van der Waals surface area contributed by atoms with Crippen molar-refractivity contribution in [2.24, 2.45) is 0 Å². The minimum atomic E-state index is -1.57. The summed E-state index contributed by atoms with van der Waals surface area (Å²) in [7, 11) is 0. The molecule has 2 aromatic rings. The summed E-state index contributed by atoms with van der Waals surface area (Å²) in [4.78, 5) is 24.2. The first-order valence-corrected chi connectivity index (χ1v) is 7.28. The number of carbonyl (C=O) groups excluding carboxylic acids is 2. The van der Waals surface area contributed by atoms with E-state index in [2.05, 4.69) is 5.32 Å². The minimum Gasteiger partial charge on any atom is -0.544 e. The summed E-state index contributed by atoms with van der Waals surface area (Å²) in [5.41, 5.74) is 0.105. The summed E-state index contributed by atoms with van der Waals surface area (Å²) < 4.78 is 5.39. The molecular weight excluding hydrogens is 302 g/mol. The van der Waals surface area contributed by atoms with Crippen molar-refractivity contribution in [1.82, 2.24) is 0 Å². The van der Waals surface area contributed by atoms with E-state index < -0.39 is 17.3 Å². The Kier molecular flexibility index (Phi) is 3.76. The SMILES string of the molecule is O=C([O-])C1=C(Nc2ccccc2)O/C(=C\c2cccs2)C1=O. The third-order valence-corrected chi connectivity index (χ3v) is 3.76. The smallest absolute Gasteiger partial charge is 0.235 e. The third kappa shape index (κ3) is 2.77. The van der Waals surface area contributed by atoms with Gasteiger partial charge in [-0.2, -0.15) is 0 Å². The summed E-state index contributed by atoms with van der Waals surface area (Å²) in [6, 6.07) is 12.5. The number of para-hydroxylation sites is 1. The Hall–Kier alpha value is -2.86. The first kappa shape index (κ1) is 14.1. The van der Waals surface area contributed by atoms with Gasteiger partial charge in [-0.3, -0.25) is 4.79 Å². The molecule has 0 fully saturated rings. The van der Waals surface area contributed by atoms with Crippen LogP contribution in [-0.4, -0.2) is 11.8 Å². The van der Waals surface area contributed by atoms with E-state index in [1.807, 2.05) is 17.5 Å². The molecule has 1 aromatic heterocycles. The normalized spacial score (nSPS) is 16.0. The fourth-order valence-corrected chi connectivity index (χ4v) is 2.60. The molecule has 3 rings (SSSR count). The van der Waals surface area contributed by atoms with Crippen LogP contribution in [0.15, 0.2) is 65.1 Å². The van der Waals surface area contributed by atoms with Crippen LogP contribution in [0, 0.1) is 0 Å². The molecule has 0 radical (unpaired) electrons. The molecule has 1 aromatic carbocycles. The van der Waals surface area contributed by atoms with Gasteiger partial charge < -0.3 is 20.0 Å². The number of rotatable bonds is 4. The summed E-state index contributed by atoms with van der Waals surface area (Å²) in [5, 5.41) is 15.9. The van der Waals surface area contributed by atoms with Crippen LogP contribution in [0.5, 0.6) is 0 Å². The van der Waals surface area contributed by atoms with Crippen molar-refractivity contribution in [2.75, 3.05) is 5.32 Å². The fourth-order valence-electron chi connectivity index (χ4n) is 1.96. The van der Waals surface area contributed by atoms with Gasteiger partial charge in [0, 0.05) is 16.6 Å². The highest BCUT2D eigenvalue weighted by Gasteiger charge is 2.31. The Labute approximate surface area is 130 Å². The molecule has 2 heterocycles. The van der Waals surface area contributed by atoms with Gasteiger partial charge in [-0.05, 0) is 23.6 Å². The minimum absolute atomic E-state index is 0.0416. The highest BCUT2D eigenvalue weighted by Crippen LogP contribution is 2.28. The van der Waals surface area contributed by atoms with E-state index in [4.69, 9.17) is 4.74 Å². The Balaban J connectivity index is 1.92. The quantitative estimate of drug-likeness (QED) is 0.687. The van der Waals surface area contributed by atoms with Crippen molar-refractivity contribution in [2.45, 2.75) is 0 Å². The number of benzene rings is 1. The number of hydrogen-bond acceptors (Lipinski definition) is 6. The lowest BCUT2D eigenvalue weighted by Gasteiger charge is -2.08. The number of aliphatic carboxylic acids is 1. The molecule has 110 valence electrons. The lowest BCUT2D eigenvalue weighted by atomic mass is 10.1. The van der Waals surface area contributed by atoms with Crippen LogP contribution in [0.4, 0.5) is 5.69 Å². The number of nitrogens with one attached hydrogen (secondary N) is 1. The fraction of sp³-hybridized carbons (Fsp3) is 0. The number of thiophene rings is 1. The number of carboxylic acids is 1. The predicted molar refractivity (Wildman–Crippen MR) is 80.5 cm³/mol. The van der Waals surface area contributed by atoms with Crippen LogP contribution in [0.2, 0.25) is 0 Å². The summed E-state index contributed by atoms with van der Waals surface area (Å²) in [6.07, 6.45) is 1.51. The highest BCUT2D eigenvalue weighted by molar-refractivity contribution is 7.10. The van der Waals surface area contributed by atoms with E-state index in [0.29, 0.717) is 5.69 Å². The molecule has 0 bridgehead atoms. The Bertz CT molecular complexity index is 776. The molecule has 22 heavy (non-hydrogen) atoms. The van der Waals surface area contributed by atoms with E-state index in [9.17, 15) is 14.7 Å². The molecule has 1 N–H and O–H groups in total. The molecule has 0 saturated carbocycles. The van der Waals surface area contributed by atoms with E-state index in [1.165, 1.54) is 17.4 Å². The van der Waals surface area contributed by atoms with Gasteiger partial charge in [-0.1, -0.05) is 24.3 Å². The van der Waals surface area contributed by atoms with Gasteiger partial charge in [-0.15, -0.1) is 11.3 Å². The number of ketones is 1. The van der Waals surface area contributed by atoms with Crippen molar-refractivity contribution in [1.29, 1.82) is 0 Å². The maximum absolute atomic E-state index is 12.2. The number of hydrogen-bond donors (Lipinski definition) is 1. The molecule has 1 aliphatic heterocycles. The van der Waals surface area contributed by atoms with Gasteiger partial charge in [0.25, 0.3) is 0 Å². The molecule has 0 aliphatic carbocycles.